The van der Waals surface area contributed by atoms with Gasteiger partial charge in [-0.25, -0.2) is 0 Å². The van der Waals surface area contributed by atoms with Crippen LogP contribution in [0.2, 0.25) is 0 Å². The Bertz CT molecular complexity index is 1200. The minimum absolute atomic E-state index is 0.126. The highest BCUT2D eigenvalue weighted by atomic mass is 16.3. The average Bonchev–Trinajstić information content (AvgIpc) is 2.91. The van der Waals surface area contributed by atoms with Crippen LogP contribution in [0.5, 0.6) is 0 Å². The fraction of sp³-hybridized carbons (Fsp3) is 0.419. The second-order valence-corrected chi connectivity index (χ2v) is 11.3. The second kappa shape index (κ2) is 13.3. The zero-order valence-electron chi connectivity index (χ0n) is 23.7. The van der Waals surface area contributed by atoms with Crippen molar-refractivity contribution in [3.63, 3.8) is 0 Å². The van der Waals surface area contributed by atoms with Gasteiger partial charge in [0.25, 0.3) is 0 Å². The summed E-state index contributed by atoms with van der Waals surface area (Å²) in [6.07, 6.45) is 1.93. The van der Waals surface area contributed by atoms with Crippen LogP contribution >= 0.6 is 0 Å². The van der Waals surface area contributed by atoms with Gasteiger partial charge in [0.2, 0.25) is 0 Å². The molecule has 0 radical (unpaired) electrons. The normalized spacial score (nSPS) is 22.2. The largest absolute Gasteiger partial charge is 0.399 e. The Hall–Kier alpha value is -3.70. The highest BCUT2D eigenvalue weighted by Crippen LogP contribution is 2.32. The summed E-state index contributed by atoms with van der Waals surface area (Å²) in [4.78, 5) is 6.36. The maximum atomic E-state index is 9.53. The van der Waals surface area contributed by atoms with Crippen molar-refractivity contribution in [1.29, 1.82) is 0 Å². The van der Waals surface area contributed by atoms with E-state index >= 15 is 0 Å². The quantitative estimate of drug-likeness (QED) is 0.220. The van der Waals surface area contributed by atoms with Gasteiger partial charge in [0.05, 0.1) is 43.5 Å². The molecule has 3 aliphatic rings. The monoisotopic (exact) mass is 564 g/mol. The third kappa shape index (κ3) is 7.53. The number of hydrogen-bond acceptors (Lipinski definition) is 10. The molecule has 0 aliphatic carbocycles. The Kier molecular flexibility index (Phi) is 9.82. The van der Waals surface area contributed by atoms with Crippen LogP contribution in [0, 0.1) is 0 Å². The van der Waals surface area contributed by atoms with Gasteiger partial charge in [0.1, 0.15) is 0 Å². The maximum Gasteiger partial charge on any atom is 0.0967 e. The van der Waals surface area contributed by atoms with E-state index in [0.717, 1.165) is 53.5 Å². The zero-order chi connectivity index (χ0) is 29.6. The number of anilines is 6. The van der Waals surface area contributed by atoms with Crippen LogP contribution in [0.15, 0.2) is 72.8 Å². The first-order valence-corrected chi connectivity index (χ1v) is 14.1. The van der Waals surface area contributed by atoms with Crippen LogP contribution in [0.1, 0.15) is 19.8 Å². The summed E-state index contributed by atoms with van der Waals surface area (Å²) in [7, 11) is 0. The van der Waals surface area contributed by atoms with E-state index in [1.807, 2.05) is 84.6 Å². The van der Waals surface area contributed by atoms with Crippen molar-refractivity contribution >= 4 is 34.1 Å². The number of hydrogen-bond donors (Lipinski definition) is 7. The fourth-order valence-electron chi connectivity index (χ4n) is 5.37. The molecule has 3 unspecified atom stereocenters. The smallest absolute Gasteiger partial charge is 0.0967 e. The molecule has 3 aromatic rings. The van der Waals surface area contributed by atoms with Crippen molar-refractivity contribution in [1.82, 2.24) is 0 Å². The van der Waals surface area contributed by atoms with Crippen molar-refractivity contribution in [3.8, 4) is 0 Å². The van der Waals surface area contributed by atoms with Gasteiger partial charge in [0.15, 0.2) is 0 Å². The molecule has 10 heteroatoms. The zero-order valence-corrected chi connectivity index (χ0v) is 23.7. The number of nitrogen functional groups attached to an aromatic ring is 3. The van der Waals surface area contributed by atoms with Gasteiger partial charge in [0, 0.05) is 53.8 Å². The molecule has 6 rings (SSSR count). The number of aliphatic hydroxyl groups excluding tert-OH is 3. The van der Waals surface area contributed by atoms with E-state index < -0.39 is 5.60 Å². The number of nitrogens with two attached hydrogens (primary N) is 3. The van der Waals surface area contributed by atoms with Crippen LogP contribution in [-0.4, -0.2) is 83.6 Å². The minimum Gasteiger partial charge on any atom is -0.399 e. The molecule has 0 saturated carbocycles. The van der Waals surface area contributed by atoms with Gasteiger partial charge < -0.3 is 52.3 Å². The molecule has 3 heterocycles. The summed E-state index contributed by atoms with van der Waals surface area (Å²) in [5, 5.41) is 36.8. The van der Waals surface area contributed by atoms with Gasteiger partial charge in [-0.1, -0.05) is 0 Å². The molecule has 0 amide bonds. The summed E-state index contributed by atoms with van der Waals surface area (Å²) < 4.78 is 0. The minimum atomic E-state index is -0.513. The van der Waals surface area contributed by atoms with Crippen LogP contribution in [-0.2, 0) is 0 Å². The Labute approximate surface area is 242 Å². The van der Waals surface area contributed by atoms with E-state index in [1.165, 1.54) is 0 Å². The van der Waals surface area contributed by atoms with Crippen molar-refractivity contribution in [2.45, 2.75) is 43.5 Å². The first kappa shape index (κ1) is 30.3. The van der Waals surface area contributed by atoms with E-state index in [4.69, 9.17) is 32.5 Å². The average molecular weight is 565 g/mol. The Balaban J connectivity index is 0.000000142. The van der Waals surface area contributed by atoms with Crippen LogP contribution in [0.25, 0.3) is 0 Å². The predicted octanol–water partition coefficient (Wildman–Crippen LogP) is 1.88. The number of nitrogens with zero attached hydrogens (tertiary/aromatic N) is 3. The SMILES string of the molecule is CC1(O)CN(c2ccc(N)cc2)C1.Nc1ccc(N2C(CO)CC2CO)cc1.Nc1ccc(N2CCC2CO)cc1. The number of benzene rings is 3. The standard InChI is InChI=1S/C11H16N2O2.2C10H14N2O/c12-8-1-3-9(4-2-8)13-10(6-14)5-11(13)7-15;1-10(13)6-12(7-10)9-4-2-8(11)3-5-9;11-8-1-3-9(4-2-8)12-6-5-10(12)7-13/h1-4,10-11,14-15H,5-7,12H2;2-5,13H,6-7,11H2,1H3;1-4,10,13H,5-7,11H2. The van der Waals surface area contributed by atoms with Crippen LogP contribution in [0.4, 0.5) is 34.1 Å². The number of β-amino-alcohol motifs (C(OH)–C–C–N with tert-alkyl or cyclic N) is 1. The molecule has 0 bridgehead atoms. The number of rotatable bonds is 6. The Morgan fingerprint density at radius 1 is 0.659 bits per heavy atom. The lowest BCUT2D eigenvalue weighted by Gasteiger charge is -2.49. The van der Waals surface area contributed by atoms with Gasteiger partial charge in [-0.05, 0) is 92.6 Å². The van der Waals surface area contributed by atoms with Gasteiger partial charge in [-0.3, -0.25) is 0 Å². The van der Waals surface area contributed by atoms with Crippen molar-refractivity contribution in [3.05, 3.63) is 72.8 Å². The molecular formula is C31H44N6O4. The van der Waals surface area contributed by atoms with Crippen molar-refractivity contribution in [2.75, 3.05) is 71.4 Å². The first-order chi connectivity index (χ1) is 19.6. The van der Waals surface area contributed by atoms with Gasteiger partial charge in [-0.15, -0.1) is 0 Å². The molecule has 0 spiro atoms. The highest BCUT2D eigenvalue weighted by molar-refractivity contribution is 5.57. The molecular weight excluding hydrogens is 520 g/mol. The van der Waals surface area contributed by atoms with E-state index in [0.29, 0.717) is 19.1 Å². The number of aliphatic hydroxyl groups is 4. The molecule has 3 atom stereocenters. The molecule has 3 saturated heterocycles. The Morgan fingerprint density at radius 2 is 1.07 bits per heavy atom. The van der Waals surface area contributed by atoms with Gasteiger partial charge >= 0.3 is 0 Å². The third-order valence-electron chi connectivity index (χ3n) is 7.84. The molecule has 41 heavy (non-hydrogen) atoms. The summed E-state index contributed by atoms with van der Waals surface area (Å²) in [5.74, 6) is 0. The molecule has 3 aromatic carbocycles. The predicted molar refractivity (Wildman–Crippen MR) is 167 cm³/mol. The van der Waals surface area contributed by atoms with Crippen molar-refractivity contribution < 1.29 is 20.4 Å². The first-order valence-electron chi connectivity index (χ1n) is 14.1. The summed E-state index contributed by atoms with van der Waals surface area (Å²) in [5.41, 5.74) is 21.8. The second-order valence-electron chi connectivity index (χ2n) is 11.3. The maximum absolute atomic E-state index is 9.53. The summed E-state index contributed by atoms with van der Waals surface area (Å²) >= 11 is 0. The summed E-state index contributed by atoms with van der Waals surface area (Å²) in [6, 6.07) is 23.5. The van der Waals surface area contributed by atoms with E-state index in [2.05, 4.69) is 9.80 Å². The van der Waals surface area contributed by atoms with Crippen LogP contribution < -0.4 is 31.9 Å². The Morgan fingerprint density at radius 3 is 1.44 bits per heavy atom. The fourth-order valence-corrected chi connectivity index (χ4v) is 5.37. The lowest BCUT2D eigenvalue weighted by molar-refractivity contribution is 0.0310. The summed E-state index contributed by atoms with van der Waals surface area (Å²) in [6.45, 7) is 4.79. The highest BCUT2D eigenvalue weighted by Gasteiger charge is 2.37. The molecule has 0 aromatic heterocycles. The lowest BCUT2D eigenvalue weighted by Crippen LogP contribution is -2.60. The van der Waals surface area contributed by atoms with E-state index in [9.17, 15) is 5.11 Å². The third-order valence-corrected chi connectivity index (χ3v) is 7.84. The van der Waals surface area contributed by atoms with E-state index in [1.54, 1.807) is 0 Å². The molecule has 3 fully saturated rings. The topological polar surface area (TPSA) is 169 Å². The molecule has 10 nitrogen and oxygen atoms in total. The van der Waals surface area contributed by atoms with Gasteiger partial charge in [-0.2, -0.15) is 0 Å². The molecule has 222 valence electrons. The lowest BCUT2D eigenvalue weighted by atomic mass is 9.93. The van der Waals surface area contributed by atoms with Crippen molar-refractivity contribution in [2.24, 2.45) is 0 Å². The molecule has 3 aliphatic heterocycles. The van der Waals surface area contributed by atoms with E-state index in [-0.39, 0.29) is 31.9 Å². The molecule has 10 N–H and O–H groups in total. The van der Waals surface area contributed by atoms with Crippen LogP contribution in [0.3, 0.4) is 0 Å².